The summed E-state index contributed by atoms with van der Waals surface area (Å²) in [6, 6.07) is 8.25. The van der Waals surface area contributed by atoms with E-state index in [0.29, 0.717) is 6.54 Å². The summed E-state index contributed by atoms with van der Waals surface area (Å²) in [4.78, 5) is 11.0. The van der Waals surface area contributed by atoms with Gasteiger partial charge in [-0.25, -0.2) is 0 Å². The molecule has 0 spiro atoms. The van der Waals surface area contributed by atoms with Gasteiger partial charge in [-0.05, 0) is 18.4 Å². The van der Waals surface area contributed by atoms with Crippen LogP contribution in [0.2, 0.25) is 0 Å². The van der Waals surface area contributed by atoms with Gasteiger partial charge in [-0.1, -0.05) is 43.7 Å². The highest BCUT2D eigenvalue weighted by atomic mass is 16.4. The summed E-state index contributed by atoms with van der Waals surface area (Å²) in [5.41, 5.74) is 2.42. The first kappa shape index (κ1) is 13.7. The van der Waals surface area contributed by atoms with Crippen LogP contribution < -0.4 is 5.32 Å². The zero-order chi connectivity index (χ0) is 12.8. The second-order valence-corrected chi connectivity index (χ2v) is 4.81. The Morgan fingerprint density at radius 2 is 1.88 bits per heavy atom. The van der Waals surface area contributed by atoms with E-state index in [1.165, 1.54) is 11.1 Å². The first-order valence-corrected chi connectivity index (χ1v) is 5.99. The summed E-state index contributed by atoms with van der Waals surface area (Å²) in [5, 5.41) is 12.2. The Balaban J connectivity index is 2.41. The summed E-state index contributed by atoms with van der Waals surface area (Å²) in [6.45, 7) is 7.16. The number of carboxylic acid groups (broad SMARTS) is 1. The number of hydrogen-bond acceptors (Lipinski definition) is 2. The number of aliphatic carboxylic acids is 1. The van der Waals surface area contributed by atoms with Crippen molar-refractivity contribution in [2.24, 2.45) is 11.8 Å². The van der Waals surface area contributed by atoms with Crippen LogP contribution in [0, 0.1) is 18.8 Å². The minimum Gasteiger partial charge on any atom is -0.481 e. The number of rotatable bonds is 6. The van der Waals surface area contributed by atoms with Gasteiger partial charge >= 0.3 is 5.97 Å². The number of aryl methyl sites for hydroxylation is 1. The van der Waals surface area contributed by atoms with E-state index in [1.807, 2.05) is 13.8 Å². The Bertz CT molecular complexity index is 357. The first-order valence-electron chi connectivity index (χ1n) is 5.99. The topological polar surface area (TPSA) is 49.3 Å². The van der Waals surface area contributed by atoms with Gasteiger partial charge in [0.05, 0.1) is 5.92 Å². The van der Waals surface area contributed by atoms with Gasteiger partial charge in [0.1, 0.15) is 0 Å². The highest BCUT2D eigenvalue weighted by Gasteiger charge is 2.20. The van der Waals surface area contributed by atoms with Crippen LogP contribution in [0.5, 0.6) is 0 Å². The van der Waals surface area contributed by atoms with E-state index in [1.54, 1.807) is 0 Å². The number of carbonyl (C=O) groups is 1. The zero-order valence-electron chi connectivity index (χ0n) is 10.7. The first-order chi connectivity index (χ1) is 8.00. The molecule has 0 radical (unpaired) electrons. The molecule has 3 nitrogen and oxygen atoms in total. The van der Waals surface area contributed by atoms with Gasteiger partial charge in [0.2, 0.25) is 0 Å². The second kappa shape index (κ2) is 6.40. The number of benzene rings is 1. The Hall–Kier alpha value is -1.35. The van der Waals surface area contributed by atoms with Crippen molar-refractivity contribution in [1.29, 1.82) is 0 Å². The number of nitrogens with one attached hydrogen (secondary N) is 1. The van der Waals surface area contributed by atoms with Crippen molar-refractivity contribution in [3.05, 3.63) is 35.4 Å². The third-order valence-electron chi connectivity index (χ3n) is 2.94. The standard InChI is InChI=1S/C14H21NO2/c1-10(2)13(14(16)17)9-15-8-12-6-4-11(3)5-7-12/h4-7,10,13,15H,8-9H2,1-3H3,(H,16,17). The Labute approximate surface area is 103 Å². The van der Waals surface area contributed by atoms with Crippen LogP contribution in [0.15, 0.2) is 24.3 Å². The number of hydrogen-bond donors (Lipinski definition) is 2. The maximum Gasteiger partial charge on any atom is 0.308 e. The molecule has 94 valence electrons. The van der Waals surface area contributed by atoms with E-state index in [4.69, 9.17) is 5.11 Å². The molecular weight excluding hydrogens is 214 g/mol. The molecule has 0 saturated heterocycles. The van der Waals surface area contributed by atoms with Gasteiger partial charge < -0.3 is 10.4 Å². The molecule has 0 fully saturated rings. The molecule has 0 saturated carbocycles. The van der Waals surface area contributed by atoms with Crippen LogP contribution in [0.4, 0.5) is 0 Å². The van der Waals surface area contributed by atoms with Gasteiger partial charge in [0.15, 0.2) is 0 Å². The van der Waals surface area contributed by atoms with Crippen molar-refractivity contribution in [1.82, 2.24) is 5.32 Å². The summed E-state index contributed by atoms with van der Waals surface area (Å²) in [7, 11) is 0. The van der Waals surface area contributed by atoms with Crippen molar-refractivity contribution >= 4 is 5.97 Å². The highest BCUT2D eigenvalue weighted by molar-refractivity contribution is 5.70. The van der Waals surface area contributed by atoms with E-state index >= 15 is 0 Å². The molecule has 0 heterocycles. The van der Waals surface area contributed by atoms with Crippen molar-refractivity contribution < 1.29 is 9.90 Å². The molecule has 1 aromatic rings. The minimum atomic E-state index is -0.726. The third-order valence-corrected chi connectivity index (χ3v) is 2.94. The van der Waals surface area contributed by atoms with Gasteiger partial charge in [-0.2, -0.15) is 0 Å². The molecule has 1 atom stereocenters. The SMILES string of the molecule is Cc1ccc(CNCC(C(=O)O)C(C)C)cc1. The monoisotopic (exact) mass is 235 g/mol. The fourth-order valence-electron chi connectivity index (χ4n) is 1.69. The predicted octanol–water partition coefficient (Wildman–Crippen LogP) is 2.44. The van der Waals surface area contributed by atoms with Crippen LogP contribution >= 0.6 is 0 Å². The van der Waals surface area contributed by atoms with Crippen molar-refractivity contribution in [2.75, 3.05) is 6.54 Å². The summed E-state index contributed by atoms with van der Waals surface area (Å²) >= 11 is 0. The molecule has 1 unspecified atom stereocenters. The Morgan fingerprint density at radius 1 is 1.29 bits per heavy atom. The molecule has 0 aliphatic carbocycles. The number of carboxylic acids is 1. The van der Waals surface area contributed by atoms with E-state index in [2.05, 4.69) is 36.5 Å². The van der Waals surface area contributed by atoms with Crippen LogP contribution in [0.1, 0.15) is 25.0 Å². The average Bonchev–Trinajstić information content (AvgIpc) is 2.25. The molecule has 2 N–H and O–H groups in total. The van der Waals surface area contributed by atoms with E-state index in [9.17, 15) is 4.79 Å². The van der Waals surface area contributed by atoms with Crippen LogP contribution in [0.3, 0.4) is 0 Å². The average molecular weight is 235 g/mol. The lowest BCUT2D eigenvalue weighted by Gasteiger charge is -2.16. The Morgan fingerprint density at radius 3 is 2.35 bits per heavy atom. The molecule has 1 aromatic carbocycles. The zero-order valence-corrected chi connectivity index (χ0v) is 10.7. The molecule has 0 amide bonds. The molecule has 0 aliphatic rings. The lowest BCUT2D eigenvalue weighted by Crippen LogP contribution is -2.31. The van der Waals surface area contributed by atoms with Gasteiger partial charge in [-0.15, -0.1) is 0 Å². The normalized spacial score (nSPS) is 12.7. The molecular formula is C14H21NO2. The molecule has 0 aliphatic heterocycles. The third kappa shape index (κ3) is 4.57. The quantitative estimate of drug-likeness (QED) is 0.796. The van der Waals surface area contributed by atoms with Crippen molar-refractivity contribution in [2.45, 2.75) is 27.3 Å². The lowest BCUT2D eigenvalue weighted by molar-refractivity contribution is -0.143. The Kier molecular flexibility index (Phi) is 5.16. The lowest BCUT2D eigenvalue weighted by atomic mass is 9.96. The van der Waals surface area contributed by atoms with Gasteiger partial charge in [0.25, 0.3) is 0 Å². The molecule has 0 aromatic heterocycles. The van der Waals surface area contributed by atoms with E-state index < -0.39 is 5.97 Å². The van der Waals surface area contributed by atoms with Crippen LogP contribution in [-0.2, 0) is 11.3 Å². The predicted molar refractivity (Wildman–Crippen MR) is 68.8 cm³/mol. The second-order valence-electron chi connectivity index (χ2n) is 4.81. The maximum atomic E-state index is 11.0. The van der Waals surface area contributed by atoms with Crippen molar-refractivity contribution in [3.8, 4) is 0 Å². The maximum absolute atomic E-state index is 11.0. The minimum absolute atomic E-state index is 0.151. The molecule has 17 heavy (non-hydrogen) atoms. The summed E-state index contributed by atoms with van der Waals surface area (Å²) in [6.07, 6.45) is 0. The molecule has 0 bridgehead atoms. The van der Waals surface area contributed by atoms with Crippen molar-refractivity contribution in [3.63, 3.8) is 0 Å². The van der Waals surface area contributed by atoms with E-state index in [0.717, 1.165) is 6.54 Å². The summed E-state index contributed by atoms with van der Waals surface area (Å²) < 4.78 is 0. The van der Waals surface area contributed by atoms with Gasteiger partial charge in [0, 0.05) is 13.1 Å². The molecule has 3 heteroatoms. The fraction of sp³-hybridized carbons (Fsp3) is 0.500. The van der Waals surface area contributed by atoms with Gasteiger partial charge in [-0.3, -0.25) is 4.79 Å². The van der Waals surface area contributed by atoms with Crippen LogP contribution in [-0.4, -0.2) is 17.6 Å². The van der Waals surface area contributed by atoms with Crippen LogP contribution in [0.25, 0.3) is 0 Å². The fourth-order valence-corrected chi connectivity index (χ4v) is 1.69. The van der Waals surface area contributed by atoms with E-state index in [-0.39, 0.29) is 11.8 Å². The summed E-state index contributed by atoms with van der Waals surface area (Å²) in [5.74, 6) is -0.894. The smallest absolute Gasteiger partial charge is 0.308 e. The molecule has 1 rings (SSSR count). The highest BCUT2D eigenvalue weighted by Crippen LogP contribution is 2.10. The largest absolute Gasteiger partial charge is 0.481 e.